The van der Waals surface area contributed by atoms with Crippen molar-refractivity contribution in [3.63, 3.8) is 0 Å². The van der Waals surface area contributed by atoms with E-state index in [4.69, 9.17) is 4.74 Å². The highest BCUT2D eigenvalue weighted by Gasteiger charge is 2.12. The van der Waals surface area contributed by atoms with Crippen LogP contribution in [0.5, 0.6) is 5.75 Å². The van der Waals surface area contributed by atoms with Gasteiger partial charge in [-0.05, 0) is 67.0 Å². The molecule has 1 aliphatic rings. The van der Waals surface area contributed by atoms with Crippen LogP contribution in [0.15, 0.2) is 12.1 Å². The molecule has 1 heterocycles. The molecular formula is C20H38N4O2. The molecule has 1 N–H and O–H groups in total. The number of hydrogen-bond donors (Lipinski definition) is 1. The molecule has 6 nitrogen and oxygen atoms in total. The molecule has 0 atom stereocenters. The first-order valence-electron chi connectivity index (χ1n) is 9.23. The van der Waals surface area contributed by atoms with E-state index < -0.39 is 0 Å². The molecule has 0 saturated carbocycles. The molecule has 0 aromatic heterocycles. The third-order valence-corrected chi connectivity index (χ3v) is 4.03. The Labute approximate surface area is 159 Å². The fourth-order valence-electron chi connectivity index (χ4n) is 2.87. The minimum atomic E-state index is 0.435. The second-order valence-electron chi connectivity index (χ2n) is 7.89. The van der Waals surface area contributed by atoms with Crippen LogP contribution < -0.4 is 0 Å². The van der Waals surface area contributed by atoms with Crippen molar-refractivity contribution in [1.82, 2.24) is 19.6 Å². The highest BCUT2D eigenvalue weighted by Crippen LogP contribution is 2.27. The SMILES string of the molecule is CN(C)Cc1cc(CN(C)C)c(O)c(CN(C)C)c1.CN1CCOCC1. The van der Waals surface area contributed by atoms with Crippen LogP contribution in [-0.4, -0.2) is 100 Å². The van der Waals surface area contributed by atoms with E-state index in [9.17, 15) is 5.11 Å². The molecule has 0 spiro atoms. The van der Waals surface area contributed by atoms with Gasteiger partial charge in [0.25, 0.3) is 0 Å². The van der Waals surface area contributed by atoms with Gasteiger partial charge in [-0.2, -0.15) is 0 Å². The van der Waals surface area contributed by atoms with Crippen molar-refractivity contribution in [2.45, 2.75) is 19.6 Å². The molecule has 1 aliphatic heterocycles. The number of nitrogens with zero attached hydrogens (tertiary/aromatic N) is 4. The molecule has 0 radical (unpaired) electrons. The van der Waals surface area contributed by atoms with Crippen LogP contribution in [0, 0.1) is 0 Å². The zero-order valence-electron chi connectivity index (χ0n) is 17.7. The summed E-state index contributed by atoms with van der Waals surface area (Å²) < 4.78 is 5.10. The summed E-state index contributed by atoms with van der Waals surface area (Å²) in [4.78, 5) is 8.57. The molecule has 1 saturated heterocycles. The molecule has 0 bridgehead atoms. The maximum atomic E-state index is 10.4. The Kier molecular flexibility index (Phi) is 10.1. The van der Waals surface area contributed by atoms with E-state index in [2.05, 4.69) is 52.9 Å². The Bertz CT molecular complexity index is 496. The summed E-state index contributed by atoms with van der Waals surface area (Å²) in [6.07, 6.45) is 0. The molecule has 1 aromatic rings. The Morgan fingerprint density at radius 2 is 1.27 bits per heavy atom. The lowest BCUT2D eigenvalue weighted by Crippen LogP contribution is -2.32. The smallest absolute Gasteiger partial charge is 0.124 e. The van der Waals surface area contributed by atoms with Crippen LogP contribution in [0.1, 0.15) is 16.7 Å². The number of aromatic hydroxyl groups is 1. The van der Waals surface area contributed by atoms with Gasteiger partial charge in [-0.1, -0.05) is 0 Å². The molecule has 1 aromatic carbocycles. The number of benzene rings is 1. The summed E-state index contributed by atoms with van der Waals surface area (Å²) in [5.41, 5.74) is 3.25. The lowest BCUT2D eigenvalue weighted by molar-refractivity contribution is 0.0503. The van der Waals surface area contributed by atoms with E-state index in [-0.39, 0.29) is 0 Å². The third-order valence-electron chi connectivity index (χ3n) is 4.03. The number of phenolic OH excluding ortho intramolecular Hbond substituents is 1. The molecule has 0 aliphatic carbocycles. The Balaban J connectivity index is 0.000000401. The molecule has 1 fully saturated rings. The number of ether oxygens (including phenoxy) is 1. The first-order chi connectivity index (χ1) is 12.2. The fourth-order valence-corrected chi connectivity index (χ4v) is 2.87. The Morgan fingerprint density at radius 1 is 0.846 bits per heavy atom. The van der Waals surface area contributed by atoms with Gasteiger partial charge >= 0.3 is 0 Å². The predicted octanol–water partition coefficient (Wildman–Crippen LogP) is 1.53. The number of morpholine rings is 1. The molecule has 26 heavy (non-hydrogen) atoms. The quantitative estimate of drug-likeness (QED) is 0.824. The van der Waals surface area contributed by atoms with Crippen molar-refractivity contribution < 1.29 is 9.84 Å². The minimum Gasteiger partial charge on any atom is -0.507 e. The summed E-state index contributed by atoms with van der Waals surface area (Å²) in [7, 11) is 14.3. The normalized spacial score (nSPS) is 15.5. The number of phenols is 1. The van der Waals surface area contributed by atoms with E-state index in [0.717, 1.165) is 57.1 Å². The highest BCUT2D eigenvalue weighted by molar-refractivity contribution is 5.44. The highest BCUT2D eigenvalue weighted by atomic mass is 16.5. The van der Waals surface area contributed by atoms with Gasteiger partial charge in [0, 0.05) is 43.9 Å². The van der Waals surface area contributed by atoms with E-state index in [0.29, 0.717) is 5.75 Å². The summed E-state index contributed by atoms with van der Waals surface area (Å²) in [5, 5.41) is 10.4. The molecule has 2 rings (SSSR count). The summed E-state index contributed by atoms with van der Waals surface area (Å²) in [6, 6.07) is 4.21. The van der Waals surface area contributed by atoms with Gasteiger partial charge in [0.05, 0.1) is 13.2 Å². The predicted molar refractivity (Wildman–Crippen MR) is 109 cm³/mol. The summed E-state index contributed by atoms with van der Waals surface area (Å²) >= 11 is 0. The lowest BCUT2D eigenvalue weighted by atomic mass is 10.0. The van der Waals surface area contributed by atoms with Gasteiger partial charge in [-0.3, -0.25) is 0 Å². The summed E-state index contributed by atoms with van der Waals surface area (Å²) in [5.74, 6) is 0.435. The average molecular weight is 367 g/mol. The Morgan fingerprint density at radius 3 is 1.58 bits per heavy atom. The Hall–Kier alpha value is -1.18. The zero-order valence-corrected chi connectivity index (χ0v) is 17.7. The van der Waals surface area contributed by atoms with E-state index >= 15 is 0 Å². The van der Waals surface area contributed by atoms with Crippen LogP contribution >= 0.6 is 0 Å². The first kappa shape index (κ1) is 22.9. The zero-order chi connectivity index (χ0) is 19.7. The van der Waals surface area contributed by atoms with Gasteiger partial charge in [0.1, 0.15) is 5.75 Å². The monoisotopic (exact) mass is 366 g/mol. The lowest BCUT2D eigenvalue weighted by Gasteiger charge is -2.21. The van der Waals surface area contributed by atoms with Crippen molar-refractivity contribution in [2.75, 3.05) is 75.6 Å². The van der Waals surface area contributed by atoms with Crippen LogP contribution in [0.4, 0.5) is 0 Å². The molecule has 150 valence electrons. The van der Waals surface area contributed by atoms with Gasteiger partial charge in [-0.15, -0.1) is 0 Å². The second-order valence-corrected chi connectivity index (χ2v) is 7.89. The van der Waals surface area contributed by atoms with Crippen molar-refractivity contribution in [3.05, 3.63) is 28.8 Å². The van der Waals surface area contributed by atoms with Crippen molar-refractivity contribution >= 4 is 0 Å². The molecule has 0 amide bonds. The molecule has 6 heteroatoms. The minimum absolute atomic E-state index is 0.435. The topological polar surface area (TPSA) is 42.4 Å². The van der Waals surface area contributed by atoms with Crippen LogP contribution in [0.2, 0.25) is 0 Å². The maximum Gasteiger partial charge on any atom is 0.124 e. The fraction of sp³-hybridized carbons (Fsp3) is 0.700. The van der Waals surface area contributed by atoms with Crippen molar-refractivity contribution in [3.8, 4) is 5.75 Å². The maximum absolute atomic E-state index is 10.4. The van der Waals surface area contributed by atoms with Crippen LogP contribution in [-0.2, 0) is 24.4 Å². The van der Waals surface area contributed by atoms with Gasteiger partial charge in [0.15, 0.2) is 0 Å². The summed E-state index contributed by atoms with van der Waals surface area (Å²) in [6.45, 7) is 6.43. The third kappa shape index (κ3) is 8.96. The van der Waals surface area contributed by atoms with E-state index in [1.807, 2.05) is 28.2 Å². The van der Waals surface area contributed by atoms with Gasteiger partial charge in [-0.25, -0.2) is 0 Å². The van der Waals surface area contributed by atoms with Crippen molar-refractivity contribution in [1.29, 1.82) is 0 Å². The van der Waals surface area contributed by atoms with Crippen LogP contribution in [0.25, 0.3) is 0 Å². The molecule has 0 unspecified atom stereocenters. The largest absolute Gasteiger partial charge is 0.507 e. The number of rotatable bonds is 6. The number of hydrogen-bond acceptors (Lipinski definition) is 6. The second kappa shape index (κ2) is 11.5. The van der Waals surface area contributed by atoms with Crippen molar-refractivity contribution in [2.24, 2.45) is 0 Å². The van der Waals surface area contributed by atoms with Crippen LogP contribution in [0.3, 0.4) is 0 Å². The van der Waals surface area contributed by atoms with Gasteiger partial charge < -0.3 is 29.4 Å². The first-order valence-corrected chi connectivity index (χ1v) is 9.23. The molecular weight excluding hydrogens is 328 g/mol. The standard InChI is InChI=1S/C15H27N3O.C5H11NO/c1-16(2)9-12-7-13(10-17(3)4)15(19)14(8-12)11-18(5)6;1-6-2-4-7-5-3-6/h7-8,19H,9-11H2,1-6H3;2-5H2,1H3. The van der Waals surface area contributed by atoms with Gasteiger partial charge in [0.2, 0.25) is 0 Å². The number of likely N-dealkylation sites (N-methyl/N-ethyl adjacent to an activating group) is 1. The average Bonchev–Trinajstić information content (AvgIpc) is 2.51. The van der Waals surface area contributed by atoms with E-state index in [1.165, 1.54) is 5.56 Å². The van der Waals surface area contributed by atoms with E-state index in [1.54, 1.807) is 0 Å².